The monoisotopic (exact) mass is 252 g/mol. The molecular formula is C17H16O2. The third kappa shape index (κ3) is 2.26. The van der Waals surface area contributed by atoms with Crippen molar-refractivity contribution < 1.29 is 9.53 Å². The van der Waals surface area contributed by atoms with Gasteiger partial charge in [-0.3, -0.25) is 4.79 Å². The minimum Gasteiger partial charge on any atom is -0.485 e. The second kappa shape index (κ2) is 4.88. The summed E-state index contributed by atoms with van der Waals surface area (Å²) in [4.78, 5) is 11.9. The van der Waals surface area contributed by atoms with E-state index in [1.807, 2.05) is 42.5 Å². The molecule has 0 saturated heterocycles. The highest BCUT2D eigenvalue weighted by Crippen LogP contribution is 2.37. The molecule has 0 aliphatic heterocycles. The molecule has 3 rings (SSSR count). The van der Waals surface area contributed by atoms with Crippen LogP contribution >= 0.6 is 0 Å². The highest BCUT2D eigenvalue weighted by atomic mass is 16.5. The molecule has 1 fully saturated rings. The lowest BCUT2D eigenvalue weighted by atomic mass is 9.90. The molecule has 2 aliphatic rings. The summed E-state index contributed by atoms with van der Waals surface area (Å²) in [7, 11) is 0. The molecule has 0 aromatic heterocycles. The van der Waals surface area contributed by atoms with Crippen LogP contribution in [0.2, 0.25) is 0 Å². The molecule has 2 heteroatoms. The summed E-state index contributed by atoms with van der Waals surface area (Å²) in [5.74, 6) is 1.35. The summed E-state index contributed by atoms with van der Waals surface area (Å²) in [6, 6.07) is 9.63. The molecule has 1 saturated carbocycles. The molecule has 0 spiro atoms. The molecule has 0 bridgehead atoms. The van der Waals surface area contributed by atoms with Crippen molar-refractivity contribution in [3.8, 4) is 5.75 Å². The van der Waals surface area contributed by atoms with E-state index in [1.165, 1.54) is 0 Å². The fourth-order valence-electron chi connectivity index (χ4n) is 2.75. The second-order valence-electron chi connectivity index (χ2n) is 5.02. The van der Waals surface area contributed by atoms with Crippen molar-refractivity contribution >= 4 is 5.78 Å². The molecule has 2 aliphatic carbocycles. The van der Waals surface area contributed by atoms with Gasteiger partial charge in [-0.05, 0) is 12.1 Å². The van der Waals surface area contributed by atoms with Crippen LogP contribution in [0.25, 0.3) is 0 Å². The van der Waals surface area contributed by atoms with Crippen molar-refractivity contribution in [3.05, 3.63) is 66.8 Å². The molecule has 0 radical (unpaired) electrons. The first-order valence-corrected chi connectivity index (χ1v) is 6.54. The zero-order valence-corrected chi connectivity index (χ0v) is 10.7. The van der Waals surface area contributed by atoms with E-state index in [2.05, 4.69) is 18.7 Å². The Kier molecular flexibility index (Phi) is 3.08. The Balaban J connectivity index is 1.83. The van der Waals surface area contributed by atoms with Gasteiger partial charge >= 0.3 is 0 Å². The van der Waals surface area contributed by atoms with E-state index in [0.717, 1.165) is 5.75 Å². The number of hydrogen-bond donors (Lipinski definition) is 0. The number of Topliss-reactive ketones (excluding diaryl/α,β-unsaturated/α-hetero) is 1. The lowest BCUT2D eigenvalue weighted by molar-refractivity contribution is -0.114. The number of para-hydroxylation sites is 1. The molecule has 0 heterocycles. The lowest BCUT2D eigenvalue weighted by Crippen LogP contribution is -2.27. The van der Waals surface area contributed by atoms with Crippen molar-refractivity contribution in [2.45, 2.75) is 12.5 Å². The van der Waals surface area contributed by atoms with Gasteiger partial charge in [-0.15, -0.1) is 0 Å². The Morgan fingerprint density at radius 3 is 2.47 bits per heavy atom. The number of ether oxygens (including phenoxy) is 1. The summed E-state index contributed by atoms with van der Waals surface area (Å²) >= 11 is 0. The van der Waals surface area contributed by atoms with Crippen molar-refractivity contribution in [2.75, 3.05) is 0 Å². The van der Waals surface area contributed by atoms with Gasteiger partial charge < -0.3 is 4.74 Å². The number of carbonyl (C=O) groups is 1. The fourth-order valence-corrected chi connectivity index (χ4v) is 2.75. The van der Waals surface area contributed by atoms with Crippen LogP contribution in [0.3, 0.4) is 0 Å². The predicted octanol–water partition coefficient (Wildman–Crippen LogP) is 3.32. The summed E-state index contributed by atoms with van der Waals surface area (Å²) in [5, 5.41) is 0. The van der Waals surface area contributed by atoms with Gasteiger partial charge in [0.1, 0.15) is 11.9 Å². The normalized spacial score (nSPS) is 26.3. The third-order valence-electron chi connectivity index (χ3n) is 3.79. The minimum atomic E-state index is -0.215. The maximum absolute atomic E-state index is 11.9. The first-order valence-electron chi connectivity index (χ1n) is 6.54. The van der Waals surface area contributed by atoms with Gasteiger partial charge in [-0.25, -0.2) is 0 Å². The minimum absolute atomic E-state index is 0.125. The fraction of sp³-hybridized carbons (Fsp3) is 0.235. The van der Waals surface area contributed by atoms with Crippen LogP contribution in [0.4, 0.5) is 0 Å². The van der Waals surface area contributed by atoms with Gasteiger partial charge in [0, 0.05) is 23.8 Å². The first-order chi connectivity index (χ1) is 9.25. The summed E-state index contributed by atoms with van der Waals surface area (Å²) < 4.78 is 5.99. The van der Waals surface area contributed by atoms with Crippen molar-refractivity contribution in [3.63, 3.8) is 0 Å². The van der Waals surface area contributed by atoms with Crippen LogP contribution < -0.4 is 4.74 Å². The Labute approximate surface area is 113 Å². The largest absolute Gasteiger partial charge is 0.485 e. The molecule has 2 nitrogen and oxygen atoms in total. The van der Waals surface area contributed by atoms with E-state index in [0.29, 0.717) is 12.0 Å². The first kappa shape index (κ1) is 12.0. The molecule has 1 aromatic rings. The molecule has 0 N–H and O–H groups in total. The Bertz CT molecular complexity index is 542. The van der Waals surface area contributed by atoms with E-state index in [-0.39, 0.29) is 23.7 Å². The zero-order valence-electron chi connectivity index (χ0n) is 10.7. The second-order valence-corrected chi connectivity index (χ2v) is 5.02. The molecule has 96 valence electrons. The van der Waals surface area contributed by atoms with Crippen molar-refractivity contribution in [1.82, 2.24) is 0 Å². The molecule has 19 heavy (non-hydrogen) atoms. The van der Waals surface area contributed by atoms with E-state index in [9.17, 15) is 4.79 Å². The van der Waals surface area contributed by atoms with E-state index < -0.39 is 0 Å². The third-order valence-corrected chi connectivity index (χ3v) is 3.79. The van der Waals surface area contributed by atoms with Gasteiger partial charge in [-0.1, -0.05) is 49.1 Å². The van der Waals surface area contributed by atoms with Crippen LogP contribution in [0, 0.1) is 11.8 Å². The maximum atomic E-state index is 11.9. The average molecular weight is 252 g/mol. The van der Waals surface area contributed by atoms with Crippen LogP contribution in [-0.2, 0) is 4.79 Å². The molecular weight excluding hydrogens is 236 g/mol. The van der Waals surface area contributed by atoms with Crippen LogP contribution in [0.1, 0.15) is 6.42 Å². The number of rotatable bonds is 3. The van der Waals surface area contributed by atoms with Gasteiger partial charge in [-0.2, -0.15) is 0 Å². The van der Waals surface area contributed by atoms with Gasteiger partial charge in [0.2, 0.25) is 0 Å². The van der Waals surface area contributed by atoms with Gasteiger partial charge in [0.15, 0.2) is 5.78 Å². The maximum Gasteiger partial charge on any atom is 0.162 e. The van der Waals surface area contributed by atoms with Crippen LogP contribution in [0.5, 0.6) is 5.75 Å². The van der Waals surface area contributed by atoms with E-state index in [1.54, 1.807) is 0 Å². The van der Waals surface area contributed by atoms with Gasteiger partial charge in [0.25, 0.3) is 0 Å². The molecule has 0 unspecified atom stereocenters. The number of allylic oxidation sites excluding steroid dienone is 4. The lowest BCUT2D eigenvalue weighted by Gasteiger charge is -2.24. The number of carbonyl (C=O) groups excluding carboxylic acids is 1. The average Bonchev–Trinajstić information content (AvgIpc) is 3.04. The summed E-state index contributed by atoms with van der Waals surface area (Å²) in [5.41, 5.74) is 0.600. The Morgan fingerprint density at radius 2 is 1.79 bits per heavy atom. The molecule has 2 atom stereocenters. The predicted molar refractivity (Wildman–Crippen MR) is 74.9 cm³/mol. The SMILES string of the molecule is C=C1C(=O)C[C@H](C2C=CC=C2)[C@H]1Oc1ccccc1. The molecule has 0 amide bonds. The van der Waals surface area contributed by atoms with Crippen LogP contribution in [0.15, 0.2) is 66.8 Å². The summed E-state index contributed by atoms with van der Waals surface area (Å²) in [6.07, 6.45) is 8.60. The number of hydrogen-bond acceptors (Lipinski definition) is 2. The van der Waals surface area contributed by atoms with Crippen LogP contribution in [-0.4, -0.2) is 11.9 Å². The highest BCUT2D eigenvalue weighted by Gasteiger charge is 2.41. The van der Waals surface area contributed by atoms with Gasteiger partial charge in [0.05, 0.1) is 0 Å². The van der Waals surface area contributed by atoms with Crippen molar-refractivity contribution in [1.29, 1.82) is 0 Å². The number of ketones is 1. The Hall–Kier alpha value is -2.09. The highest BCUT2D eigenvalue weighted by molar-refractivity contribution is 5.98. The standard InChI is InChI=1S/C17H16O2/c1-12-16(18)11-15(13-7-5-6-8-13)17(12)19-14-9-3-2-4-10-14/h2-10,13,15,17H,1,11H2/t15-,17+/m1/s1. The summed E-state index contributed by atoms with van der Waals surface area (Å²) in [6.45, 7) is 3.91. The zero-order chi connectivity index (χ0) is 13.2. The van der Waals surface area contributed by atoms with E-state index >= 15 is 0 Å². The van der Waals surface area contributed by atoms with E-state index in [4.69, 9.17) is 4.74 Å². The van der Waals surface area contributed by atoms with Crippen molar-refractivity contribution in [2.24, 2.45) is 11.8 Å². The quantitative estimate of drug-likeness (QED) is 0.771. The number of benzene rings is 1. The topological polar surface area (TPSA) is 26.3 Å². The smallest absolute Gasteiger partial charge is 0.162 e. The molecule has 1 aromatic carbocycles. The Morgan fingerprint density at radius 1 is 1.11 bits per heavy atom.